The summed E-state index contributed by atoms with van der Waals surface area (Å²) in [5, 5.41) is 10.7. The number of nitrogens with zero attached hydrogens (tertiary/aromatic N) is 2. The normalized spacial score (nSPS) is 30.8. The van der Waals surface area contributed by atoms with Crippen molar-refractivity contribution in [1.82, 2.24) is 15.1 Å². The van der Waals surface area contributed by atoms with E-state index >= 15 is 0 Å². The Morgan fingerprint density at radius 2 is 2.18 bits per heavy atom. The molecule has 2 fully saturated rings. The lowest BCUT2D eigenvalue weighted by atomic mass is 9.89. The van der Waals surface area contributed by atoms with Gasteiger partial charge in [0.25, 0.3) is 0 Å². The minimum Gasteiger partial charge on any atom is -0.315 e. The average molecular weight is 238 g/mol. The number of likely N-dealkylation sites (tertiary alicyclic amines) is 1. The maximum Gasteiger partial charge on any atom is 0.323 e. The average Bonchev–Trinajstić information content (AvgIpc) is 2.49. The minimum atomic E-state index is -0.362. The van der Waals surface area contributed by atoms with E-state index in [4.69, 9.17) is 5.41 Å². The number of carbonyl (C=O) groups excluding carboxylic acids is 1. The Bertz CT molecular complexity index is 330. The molecule has 2 aliphatic heterocycles. The first-order valence-corrected chi connectivity index (χ1v) is 6.46. The van der Waals surface area contributed by atoms with Gasteiger partial charge in [-0.2, -0.15) is 0 Å². The first-order chi connectivity index (χ1) is 8.10. The number of rotatable bonds is 2. The monoisotopic (exact) mass is 238 g/mol. The predicted molar refractivity (Wildman–Crippen MR) is 67.3 cm³/mol. The number of urea groups is 1. The van der Waals surface area contributed by atoms with E-state index in [0.717, 1.165) is 45.3 Å². The number of amides is 2. The summed E-state index contributed by atoms with van der Waals surface area (Å²) in [6.45, 7) is 5.38. The van der Waals surface area contributed by atoms with Gasteiger partial charge < -0.3 is 9.80 Å². The molecular weight excluding hydrogens is 216 g/mol. The molecular formula is C12H22N4O. The Labute approximate surface area is 103 Å². The molecule has 2 heterocycles. The first kappa shape index (κ1) is 12.4. The van der Waals surface area contributed by atoms with Gasteiger partial charge in [-0.05, 0) is 38.8 Å². The summed E-state index contributed by atoms with van der Waals surface area (Å²) in [5.41, 5.74) is -0.362. The van der Waals surface area contributed by atoms with Crippen LogP contribution in [-0.4, -0.2) is 53.9 Å². The zero-order valence-corrected chi connectivity index (χ0v) is 10.8. The molecule has 5 nitrogen and oxygen atoms in total. The molecule has 0 aliphatic carbocycles. The van der Waals surface area contributed by atoms with Crippen LogP contribution < -0.4 is 5.32 Å². The highest BCUT2D eigenvalue weighted by Crippen LogP contribution is 2.32. The van der Waals surface area contributed by atoms with Crippen molar-refractivity contribution < 1.29 is 4.79 Å². The van der Waals surface area contributed by atoms with Gasteiger partial charge in [0.15, 0.2) is 0 Å². The van der Waals surface area contributed by atoms with Crippen LogP contribution in [0.15, 0.2) is 0 Å². The molecule has 2 saturated heterocycles. The Balaban J connectivity index is 2.11. The standard InChI is InChI=1S/C12H22N4O/c1-3-7-16-8-4-5-12(6-9-16)10(13)14-11(17)15(12)2/h3-9H2,1-2H3,(H2,13,14,17). The highest BCUT2D eigenvalue weighted by atomic mass is 16.2. The van der Waals surface area contributed by atoms with E-state index in [-0.39, 0.29) is 11.6 Å². The summed E-state index contributed by atoms with van der Waals surface area (Å²) in [6, 6.07) is -0.126. The van der Waals surface area contributed by atoms with Crippen LogP contribution in [0.25, 0.3) is 0 Å². The molecule has 2 aliphatic rings. The molecule has 0 aromatic heterocycles. The van der Waals surface area contributed by atoms with Gasteiger partial charge in [0.1, 0.15) is 11.4 Å². The molecule has 17 heavy (non-hydrogen) atoms. The van der Waals surface area contributed by atoms with E-state index in [1.807, 2.05) is 7.05 Å². The molecule has 0 aromatic rings. The highest BCUT2D eigenvalue weighted by Gasteiger charge is 2.48. The Morgan fingerprint density at radius 3 is 2.76 bits per heavy atom. The molecule has 1 atom stereocenters. The van der Waals surface area contributed by atoms with Crippen LogP contribution in [0.2, 0.25) is 0 Å². The molecule has 0 saturated carbocycles. The van der Waals surface area contributed by atoms with Gasteiger partial charge in [-0.25, -0.2) is 4.79 Å². The third kappa shape index (κ3) is 2.04. The SMILES string of the molecule is CCCN1CCCC2(CC1)C(=N)NC(=O)N2C. The molecule has 1 unspecified atom stereocenters. The summed E-state index contributed by atoms with van der Waals surface area (Å²) in [4.78, 5) is 15.8. The van der Waals surface area contributed by atoms with Gasteiger partial charge in [-0.1, -0.05) is 6.92 Å². The highest BCUT2D eigenvalue weighted by molar-refractivity contribution is 6.08. The summed E-state index contributed by atoms with van der Waals surface area (Å²) in [5.74, 6) is 0.392. The largest absolute Gasteiger partial charge is 0.323 e. The van der Waals surface area contributed by atoms with Gasteiger partial charge in [0.2, 0.25) is 0 Å². The van der Waals surface area contributed by atoms with Crippen LogP contribution in [0.4, 0.5) is 4.79 Å². The Kier molecular flexibility index (Phi) is 3.38. The third-order valence-corrected chi connectivity index (χ3v) is 4.09. The van der Waals surface area contributed by atoms with E-state index in [1.54, 1.807) is 4.90 Å². The summed E-state index contributed by atoms with van der Waals surface area (Å²) < 4.78 is 0. The van der Waals surface area contributed by atoms with Crippen molar-refractivity contribution in [2.75, 3.05) is 26.7 Å². The predicted octanol–water partition coefficient (Wildman–Crippen LogP) is 1.25. The molecule has 2 N–H and O–H groups in total. The van der Waals surface area contributed by atoms with Crippen LogP contribution in [0.1, 0.15) is 32.6 Å². The summed E-state index contributed by atoms with van der Waals surface area (Å²) in [6.07, 6.45) is 4.00. The second-order valence-corrected chi connectivity index (χ2v) is 5.09. The van der Waals surface area contributed by atoms with Crippen molar-refractivity contribution in [1.29, 1.82) is 5.41 Å². The second kappa shape index (κ2) is 4.64. The van der Waals surface area contributed by atoms with Crippen molar-refractivity contribution in [3.05, 3.63) is 0 Å². The van der Waals surface area contributed by atoms with Gasteiger partial charge in [0.05, 0.1) is 0 Å². The lowest BCUT2D eigenvalue weighted by molar-refractivity contribution is 0.181. The van der Waals surface area contributed by atoms with E-state index < -0.39 is 0 Å². The van der Waals surface area contributed by atoms with Crippen molar-refractivity contribution in [2.45, 2.75) is 38.1 Å². The second-order valence-electron chi connectivity index (χ2n) is 5.09. The fraction of sp³-hybridized carbons (Fsp3) is 0.833. The summed E-state index contributed by atoms with van der Waals surface area (Å²) in [7, 11) is 1.81. The van der Waals surface area contributed by atoms with E-state index in [2.05, 4.69) is 17.1 Å². The molecule has 1 spiro atoms. The number of carbonyl (C=O) groups is 1. The third-order valence-electron chi connectivity index (χ3n) is 4.09. The van der Waals surface area contributed by atoms with Crippen LogP contribution in [0.3, 0.4) is 0 Å². The Hall–Kier alpha value is -1.10. The summed E-state index contributed by atoms with van der Waals surface area (Å²) >= 11 is 0. The van der Waals surface area contributed by atoms with Gasteiger partial charge in [0, 0.05) is 13.6 Å². The number of hydrogen-bond acceptors (Lipinski definition) is 3. The maximum atomic E-state index is 11.6. The van der Waals surface area contributed by atoms with Crippen LogP contribution in [0.5, 0.6) is 0 Å². The number of amidine groups is 1. The van der Waals surface area contributed by atoms with Crippen molar-refractivity contribution >= 4 is 11.9 Å². The van der Waals surface area contributed by atoms with Crippen molar-refractivity contribution in [3.8, 4) is 0 Å². The van der Waals surface area contributed by atoms with E-state index in [0.29, 0.717) is 5.84 Å². The quantitative estimate of drug-likeness (QED) is 0.760. The smallest absolute Gasteiger partial charge is 0.315 e. The van der Waals surface area contributed by atoms with Crippen LogP contribution in [-0.2, 0) is 0 Å². The van der Waals surface area contributed by atoms with Crippen molar-refractivity contribution in [3.63, 3.8) is 0 Å². The fourth-order valence-electron chi connectivity index (χ4n) is 2.97. The lowest BCUT2D eigenvalue weighted by Crippen LogP contribution is -2.48. The fourth-order valence-corrected chi connectivity index (χ4v) is 2.97. The number of hydrogen-bond donors (Lipinski definition) is 2. The number of likely N-dealkylation sites (N-methyl/N-ethyl adjacent to an activating group) is 1. The minimum absolute atomic E-state index is 0.126. The topological polar surface area (TPSA) is 59.4 Å². The van der Waals surface area contributed by atoms with E-state index in [1.165, 1.54) is 0 Å². The molecule has 2 rings (SSSR count). The molecule has 5 heteroatoms. The van der Waals surface area contributed by atoms with Gasteiger partial charge >= 0.3 is 6.03 Å². The lowest BCUT2D eigenvalue weighted by Gasteiger charge is -2.33. The molecule has 0 radical (unpaired) electrons. The van der Waals surface area contributed by atoms with Gasteiger partial charge in [-0.15, -0.1) is 0 Å². The van der Waals surface area contributed by atoms with Crippen molar-refractivity contribution in [2.24, 2.45) is 0 Å². The Morgan fingerprint density at radius 1 is 1.41 bits per heavy atom. The van der Waals surface area contributed by atoms with Crippen LogP contribution >= 0.6 is 0 Å². The van der Waals surface area contributed by atoms with Crippen LogP contribution in [0, 0.1) is 5.41 Å². The molecule has 96 valence electrons. The molecule has 2 amide bonds. The van der Waals surface area contributed by atoms with Gasteiger partial charge in [-0.3, -0.25) is 10.7 Å². The first-order valence-electron chi connectivity index (χ1n) is 6.46. The zero-order valence-electron chi connectivity index (χ0n) is 10.8. The van der Waals surface area contributed by atoms with E-state index in [9.17, 15) is 4.79 Å². The molecule has 0 bridgehead atoms. The number of nitrogens with one attached hydrogen (secondary N) is 2. The zero-order chi connectivity index (χ0) is 12.5. The maximum absolute atomic E-state index is 11.6. The molecule has 0 aromatic carbocycles.